The number of hydrogen-bond acceptors (Lipinski definition) is 4. The Balaban J connectivity index is 0.00000341. The maximum atomic E-state index is 12.3. The van der Waals surface area contributed by atoms with Gasteiger partial charge in [-0.1, -0.05) is 44.2 Å². The largest absolute Gasteiger partial charge is 0.326 e. The summed E-state index contributed by atoms with van der Waals surface area (Å²) in [5.41, 5.74) is 2.04. The number of carbonyl (C=O) groups excluding carboxylic acids is 1. The zero-order chi connectivity index (χ0) is 21.5. The van der Waals surface area contributed by atoms with Crippen LogP contribution in [-0.2, 0) is 4.79 Å². The monoisotopic (exact) mass is 442 g/mol. The number of halogens is 1. The Hall–Kier alpha value is -2.70. The molecular weight excluding hydrogens is 412 g/mol. The summed E-state index contributed by atoms with van der Waals surface area (Å²) in [7, 11) is 0. The van der Waals surface area contributed by atoms with Gasteiger partial charge in [-0.2, -0.15) is 5.10 Å². The number of aromatic nitrogens is 2. The molecule has 1 heterocycles. The van der Waals surface area contributed by atoms with E-state index in [2.05, 4.69) is 41.6 Å². The van der Waals surface area contributed by atoms with Crippen LogP contribution in [0, 0.1) is 5.92 Å². The smallest absolute Gasteiger partial charge is 0.272 e. The number of nitrogens with zero attached hydrogens (tertiary/aromatic N) is 1. The second kappa shape index (κ2) is 11.6. The van der Waals surface area contributed by atoms with Gasteiger partial charge in [0.2, 0.25) is 5.91 Å². The number of hydrogen-bond donors (Lipinski definition) is 3. The van der Waals surface area contributed by atoms with Crippen molar-refractivity contribution in [3.05, 3.63) is 58.9 Å². The number of rotatable bonds is 9. The highest BCUT2D eigenvalue weighted by molar-refractivity contribution is 5.95. The molecule has 0 spiro atoms. The zero-order valence-electron chi connectivity index (χ0n) is 18.3. The third-order valence-electron chi connectivity index (χ3n) is 5.41. The highest BCUT2D eigenvalue weighted by Gasteiger charge is 2.10. The molecule has 1 atom stereocenters. The lowest BCUT2D eigenvalue weighted by molar-refractivity contribution is -0.116. The average molecular weight is 443 g/mol. The third-order valence-corrected chi connectivity index (χ3v) is 5.41. The van der Waals surface area contributed by atoms with Gasteiger partial charge in [0.15, 0.2) is 0 Å². The molecule has 7 heteroatoms. The SMILES string of the molecule is CC(C)C(C)NCCCCC(=O)Nc1cccc(-c2n[nH]c(=O)c3ccccc23)c1.Cl. The number of unbranched alkanes of at least 4 members (excludes halogenated alkanes) is 1. The van der Waals surface area contributed by atoms with E-state index in [0.717, 1.165) is 36.0 Å². The minimum atomic E-state index is -0.212. The standard InChI is InChI=1S/C24H30N4O2.ClH/c1-16(2)17(3)25-14-7-6-13-22(29)26-19-10-8-9-18(15-19)23-20-11-4-5-12-21(20)24(30)28-27-23;/h4-5,8-12,15-17,25H,6-7,13-14H2,1-3H3,(H,26,29)(H,28,30);1H. The zero-order valence-corrected chi connectivity index (χ0v) is 19.1. The molecule has 1 unspecified atom stereocenters. The Morgan fingerprint density at radius 3 is 2.52 bits per heavy atom. The molecule has 1 aromatic heterocycles. The van der Waals surface area contributed by atoms with Crippen molar-refractivity contribution in [3.63, 3.8) is 0 Å². The number of fused-ring (bicyclic) bond motifs is 1. The van der Waals surface area contributed by atoms with E-state index in [0.29, 0.717) is 29.5 Å². The molecule has 0 saturated carbocycles. The predicted molar refractivity (Wildman–Crippen MR) is 130 cm³/mol. The van der Waals surface area contributed by atoms with Crippen LogP contribution >= 0.6 is 12.4 Å². The molecule has 0 radical (unpaired) electrons. The Morgan fingerprint density at radius 2 is 1.77 bits per heavy atom. The lowest BCUT2D eigenvalue weighted by Gasteiger charge is -2.17. The van der Waals surface area contributed by atoms with Crippen LogP contribution in [0.4, 0.5) is 5.69 Å². The van der Waals surface area contributed by atoms with Gasteiger partial charge in [-0.25, -0.2) is 5.10 Å². The van der Waals surface area contributed by atoms with Gasteiger partial charge >= 0.3 is 0 Å². The van der Waals surface area contributed by atoms with E-state index in [1.54, 1.807) is 6.07 Å². The first-order valence-corrected chi connectivity index (χ1v) is 10.6. The Bertz CT molecular complexity index is 1060. The molecule has 6 nitrogen and oxygen atoms in total. The van der Waals surface area contributed by atoms with Gasteiger partial charge in [0, 0.05) is 29.1 Å². The van der Waals surface area contributed by atoms with E-state index in [4.69, 9.17) is 0 Å². The van der Waals surface area contributed by atoms with Crippen molar-refractivity contribution in [2.75, 3.05) is 11.9 Å². The maximum absolute atomic E-state index is 12.3. The first kappa shape index (κ1) is 24.6. The van der Waals surface area contributed by atoms with Crippen molar-refractivity contribution in [3.8, 4) is 11.3 Å². The second-order valence-electron chi connectivity index (χ2n) is 8.02. The molecule has 0 aliphatic heterocycles. The molecule has 31 heavy (non-hydrogen) atoms. The molecule has 3 N–H and O–H groups in total. The maximum Gasteiger partial charge on any atom is 0.272 e. The number of amides is 1. The third kappa shape index (κ3) is 6.64. The number of aromatic amines is 1. The molecule has 166 valence electrons. The summed E-state index contributed by atoms with van der Waals surface area (Å²) in [5.74, 6) is 0.609. The van der Waals surface area contributed by atoms with E-state index >= 15 is 0 Å². The van der Waals surface area contributed by atoms with Crippen molar-refractivity contribution in [1.29, 1.82) is 0 Å². The van der Waals surface area contributed by atoms with Crippen LogP contribution in [-0.4, -0.2) is 28.7 Å². The van der Waals surface area contributed by atoms with Crippen molar-refractivity contribution < 1.29 is 4.79 Å². The number of carbonyl (C=O) groups is 1. The van der Waals surface area contributed by atoms with Crippen LogP contribution < -0.4 is 16.2 Å². The van der Waals surface area contributed by atoms with Gasteiger partial charge in [0.1, 0.15) is 0 Å². The van der Waals surface area contributed by atoms with Crippen LogP contribution in [0.25, 0.3) is 22.0 Å². The summed E-state index contributed by atoms with van der Waals surface area (Å²) in [4.78, 5) is 24.3. The van der Waals surface area contributed by atoms with Crippen LogP contribution in [0.3, 0.4) is 0 Å². The van der Waals surface area contributed by atoms with Crippen LogP contribution in [0.2, 0.25) is 0 Å². The van der Waals surface area contributed by atoms with Crippen molar-refractivity contribution >= 4 is 34.8 Å². The molecule has 0 saturated heterocycles. The van der Waals surface area contributed by atoms with E-state index in [1.807, 2.05) is 42.5 Å². The molecule has 2 aromatic carbocycles. The van der Waals surface area contributed by atoms with Gasteiger partial charge in [0.25, 0.3) is 5.56 Å². The highest BCUT2D eigenvalue weighted by atomic mass is 35.5. The van der Waals surface area contributed by atoms with Crippen LogP contribution in [0.5, 0.6) is 0 Å². The molecule has 3 rings (SSSR count). The van der Waals surface area contributed by atoms with E-state index in [-0.39, 0.29) is 23.9 Å². The molecule has 0 aliphatic carbocycles. The van der Waals surface area contributed by atoms with Crippen molar-refractivity contribution in [2.24, 2.45) is 5.92 Å². The number of nitrogens with one attached hydrogen (secondary N) is 3. The van der Waals surface area contributed by atoms with Crippen molar-refractivity contribution in [1.82, 2.24) is 15.5 Å². The van der Waals surface area contributed by atoms with E-state index in [1.165, 1.54) is 0 Å². The second-order valence-corrected chi connectivity index (χ2v) is 8.02. The molecule has 0 fully saturated rings. The van der Waals surface area contributed by atoms with Gasteiger partial charge in [-0.05, 0) is 50.4 Å². The van der Waals surface area contributed by atoms with E-state index in [9.17, 15) is 9.59 Å². The molecule has 1 amide bonds. The fraction of sp³-hybridized carbons (Fsp3) is 0.375. The topological polar surface area (TPSA) is 86.9 Å². The Labute approximate surface area is 189 Å². The first-order valence-electron chi connectivity index (χ1n) is 10.6. The fourth-order valence-electron chi connectivity index (χ4n) is 3.28. The average Bonchev–Trinajstić information content (AvgIpc) is 2.74. The van der Waals surface area contributed by atoms with Crippen LogP contribution in [0.15, 0.2) is 53.3 Å². The molecule has 0 bridgehead atoms. The minimum absolute atomic E-state index is 0. The fourth-order valence-corrected chi connectivity index (χ4v) is 3.28. The van der Waals surface area contributed by atoms with E-state index < -0.39 is 0 Å². The first-order chi connectivity index (χ1) is 14.5. The molecule has 0 aliphatic rings. The normalized spacial score (nSPS) is 11.9. The van der Waals surface area contributed by atoms with Gasteiger partial charge in [0.05, 0.1) is 11.1 Å². The number of H-pyrrole nitrogens is 1. The highest BCUT2D eigenvalue weighted by Crippen LogP contribution is 2.26. The molecular formula is C24H31ClN4O2. The number of benzene rings is 2. The lowest BCUT2D eigenvalue weighted by Crippen LogP contribution is -2.31. The number of anilines is 1. The van der Waals surface area contributed by atoms with Gasteiger partial charge < -0.3 is 10.6 Å². The summed E-state index contributed by atoms with van der Waals surface area (Å²) in [6.45, 7) is 7.51. The summed E-state index contributed by atoms with van der Waals surface area (Å²) in [6.07, 6.45) is 2.30. The Morgan fingerprint density at radius 1 is 1.03 bits per heavy atom. The van der Waals surface area contributed by atoms with Crippen molar-refractivity contribution in [2.45, 2.75) is 46.1 Å². The summed E-state index contributed by atoms with van der Waals surface area (Å²) >= 11 is 0. The summed E-state index contributed by atoms with van der Waals surface area (Å²) in [5, 5.41) is 14.6. The Kier molecular flexibility index (Phi) is 9.21. The summed E-state index contributed by atoms with van der Waals surface area (Å²) < 4.78 is 0. The summed E-state index contributed by atoms with van der Waals surface area (Å²) in [6, 6.07) is 15.4. The van der Waals surface area contributed by atoms with Gasteiger partial charge in [-0.3, -0.25) is 9.59 Å². The minimum Gasteiger partial charge on any atom is -0.326 e. The quantitative estimate of drug-likeness (QED) is 0.417. The van der Waals surface area contributed by atoms with Crippen LogP contribution in [0.1, 0.15) is 40.0 Å². The molecule has 3 aromatic rings. The predicted octanol–water partition coefficient (Wildman–Crippen LogP) is 4.75. The van der Waals surface area contributed by atoms with Gasteiger partial charge in [-0.15, -0.1) is 12.4 Å². The lowest BCUT2D eigenvalue weighted by atomic mass is 10.0.